The van der Waals surface area contributed by atoms with Gasteiger partial charge in [0.2, 0.25) is 17.6 Å². The number of hydrogen-bond donors (Lipinski definition) is 2. The molecule has 25 heavy (non-hydrogen) atoms. The molecule has 3 N–H and O–H groups in total. The molecule has 0 saturated carbocycles. The van der Waals surface area contributed by atoms with Crippen molar-refractivity contribution in [3.63, 3.8) is 0 Å². The Bertz CT molecular complexity index is 710. The second-order valence-corrected chi connectivity index (χ2v) is 6.67. The smallest absolute Gasteiger partial charge is 0.249 e. The number of amides is 1. The van der Waals surface area contributed by atoms with Crippen molar-refractivity contribution in [2.24, 2.45) is 5.73 Å². The average Bonchev–Trinajstić information content (AvgIpc) is 3.25. The van der Waals surface area contributed by atoms with Crippen molar-refractivity contribution in [1.82, 2.24) is 15.5 Å². The van der Waals surface area contributed by atoms with E-state index in [4.69, 9.17) is 15.0 Å². The fourth-order valence-electron chi connectivity index (χ4n) is 2.57. The largest absolute Gasteiger partial charge is 0.364 e. The third-order valence-corrected chi connectivity index (χ3v) is 4.46. The molecular weight excluding hydrogens is 412 g/mol. The zero-order valence-electron chi connectivity index (χ0n) is 13.6. The van der Waals surface area contributed by atoms with Crippen molar-refractivity contribution in [1.29, 1.82) is 0 Å². The van der Waals surface area contributed by atoms with Crippen LogP contribution in [0.3, 0.4) is 0 Å². The molecule has 2 aromatic rings. The third kappa shape index (κ3) is 4.78. The van der Waals surface area contributed by atoms with E-state index in [2.05, 4.69) is 31.4 Å². The van der Waals surface area contributed by atoms with Crippen LogP contribution in [-0.2, 0) is 9.53 Å². The highest BCUT2D eigenvalue weighted by molar-refractivity contribution is 9.10. The molecule has 1 aromatic carbocycles. The second kappa shape index (κ2) is 8.75. The summed E-state index contributed by atoms with van der Waals surface area (Å²) < 4.78 is 11.8. The number of nitrogens with zero attached hydrogens (tertiary/aromatic N) is 2. The first-order valence-corrected chi connectivity index (χ1v) is 8.61. The molecule has 0 spiro atoms. The van der Waals surface area contributed by atoms with Gasteiger partial charge in [-0.2, -0.15) is 4.98 Å². The molecular formula is C16H20BrClN4O3. The van der Waals surface area contributed by atoms with Crippen molar-refractivity contribution >= 4 is 34.2 Å². The zero-order valence-corrected chi connectivity index (χ0v) is 16.0. The van der Waals surface area contributed by atoms with E-state index in [1.807, 2.05) is 24.3 Å². The highest BCUT2D eigenvalue weighted by Gasteiger charge is 2.31. The van der Waals surface area contributed by atoms with E-state index in [9.17, 15) is 4.79 Å². The van der Waals surface area contributed by atoms with Crippen LogP contribution in [-0.4, -0.2) is 34.8 Å². The highest BCUT2D eigenvalue weighted by Crippen LogP contribution is 2.22. The average molecular weight is 432 g/mol. The second-order valence-electron chi connectivity index (χ2n) is 5.75. The number of rotatable bonds is 5. The quantitative estimate of drug-likeness (QED) is 0.754. The zero-order chi connectivity index (χ0) is 17.1. The summed E-state index contributed by atoms with van der Waals surface area (Å²) in [6, 6.07) is 7.20. The maximum Gasteiger partial charge on any atom is 0.249 e. The number of ether oxygens (including phenoxy) is 1. The molecule has 3 rings (SSSR count). The Balaban J connectivity index is 0.00000225. The number of benzene rings is 1. The molecule has 1 aliphatic rings. The van der Waals surface area contributed by atoms with Crippen molar-refractivity contribution in [2.45, 2.75) is 38.0 Å². The van der Waals surface area contributed by atoms with E-state index >= 15 is 0 Å². The summed E-state index contributed by atoms with van der Waals surface area (Å²) in [5.41, 5.74) is 6.41. The summed E-state index contributed by atoms with van der Waals surface area (Å²) in [7, 11) is 0. The van der Waals surface area contributed by atoms with Crippen molar-refractivity contribution < 1.29 is 14.1 Å². The number of hydrogen-bond acceptors (Lipinski definition) is 6. The molecule has 136 valence electrons. The summed E-state index contributed by atoms with van der Waals surface area (Å²) in [6.45, 7) is 2.23. The molecule has 1 fully saturated rings. The number of carbonyl (C=O) groups is 1. The van der Waals surface area contributed by atoms with Crippen LogP contribution in [0.4, 0.5) is 0 Å². The fraction of sp³-hybridized carbons (Fsp3) is 0.438. The molecule has 9 heteroatoms. The Hall–Kier alpha value is -1.48. The lowest BCUT2D eigenvalue weighted by Crippen LogP contribution is -2.37. The Labute approximate surface area is 160 Å². The molecule has 0 aliphatic carbocycles. The summed E-state index contributed by atoms with van der Waals surface area (Å²) in [5, 5.41) is 6.81. The van der Waals surface area contributed by atoms with Gasteiger partial charge in [0, 0.05) is 16.6 Å². The highest BCUT2D eigenvalue weighted by atomic mass is 79.9. The SMILES string of the molecule is CC(NC(=O)[C@@H]1CC[C@H](CN)O1)c1nc(-c2ccc(Br)cc2)no1.Cl. The predicted octanol–water partition coefficient (Wildman–Crippen LogP) is 2.60. The molecule has 1 amide bonds. The van der Waals surface area contributed by atoms with Crippen LogP contribution >= 0.6 is 28.3 Å². The lowest BCUT2D eigenvalue weighted by molar-refractivity contribution is -0.132. The first kappa shape index (κ1) is 19.8. The van der Waals surface area contributed by atoms with E-state index in [1.54, 1.807) is 6.92 Å². The number of aromatic nitrogens is 2. The van der Waals surface area contributed by atoms with Crippen LogP contribution in [0.2, 0.25) is 0 Å². The first-order valence-electron chi connectivity index (χ1n) is 7.82. The van der Waals surface area contributed by atoms with Gasteiger partial charge in [0.05, 0.1) is 6.10 Å². The molecule has 2 heterocycles. The Morgan fingerprint density at radius 2 is 2.12 bits per heavy atom. The molecule has 1 aromatic heterocycles. The summed E-state index contributed by atoms with van der Waals surface area (Å²) in [4.78, 5) is 16.6. The fourth-order valence-corrected chi connectivity index (χ4v) is 2.83. The van der Waals surface area contributed by atoms with Crippen LogP contribution in [0.15, 0.2) is 33.3 Å². The predicted molar refractivity (Wildman–Crippen MR) is 98.2 cm³/mol. The van der Waals surface area contributed by atoms with E-state index in [-0.39, 0.29) is 24.4 Å². The standard InChI is InChI=1S/C16H19BrN4O3.ClH/c1-9(19-15(22)13-7-6-12(8-18)23-13)16-20-14(21-24-16)10-2-4-11(17)5-3-10;/h2-5,9,12-13H,6-8,18H2,1H3,(H,19,22);1H/t9?,12-,13+;/m1./s1. The third-order valence-electron chi connectivity index (χ3n) is 3.94. The molecule has 1 saturated heterocycles. The van der Waals surface area contributed by atoms with Crippen LogP contribution in [0, 0.1) is 0 Å². The van der Waals surface area contributed by atoms with Gasteiger partial charge in [-0.1, -0.05) is 21.1 Å². The van der Waals surface area contributed by atoms with Crippen LogP contribution in [0.25, 0.3) is 11.4 Å². The van der Waals surface area contributed by atoms with Crippen molar-refractivity contribution in [3.8, 4) is 11.4 Å². The van der Waals surface area contributed by atoms with Gasteiger partial charge >= 0.3 is 0 Å². The van der Waals surface area contributed by atoms with E-state index in [0.29, 0.717) is 24.7 Å². The number of nitrogens with two attached hydrogens (primary N) is 1. The molecule has 7 nitrogen and oxygen atoms in total. The molecule has 1 unspecified atom stereocenters. The summed E-state index contributed by atoms with van der Waals surface area (Å²) in [5.74, 6) is 0.662. The Morgan fingerprint density at radius 3 is 2.76 bits per heavy atom. The summed E-state index contributed by atoms with van der Waals surface area (Å²) in [6.07, 6.45) is 0.976. The number of halogens is 2. The molecule has 0 bridgehead atoms. The van der Waals surface area contributed by atoms with Gasteiger partial charge in [0.15, 0.2) is 0 Å². The molecule has 1 aliphatic heterocycles. The van der Waals surface area contributed by atoms with E-state index in [1.165, 1.54) is 0 Å². The van der Waals surface area contributed by atoms with Gasteiger partial charge in [0.25, 0.3) is 0 Å². The lowest BCUT2D eigenvalue weighted by atomic mass is 10.2. The van der Waals surface area contributed by atoms with Gasteiger partial charge in [-0.3, -0.25) is 4.79 Å². The topological polar surface area (TPSA) is 103 Å². The maximum atomic E-state index is 12.2. The number of carbonyl (C=O) groups excluding carboxylic acids is 1. The number of nitrogens with one attached hydrogen (secondary N) is 1. The van der Waals surface area contributed by atoms with Crippen molar-refractivity contribution in [3.05, 3.63) is 34.6 Å². The Morgan fingerprint density at radius 1 is 1.40 bits per heavy atom. The molecule has 0 radical (unpaired) electrons. The minimum atomic E-state index is -0.463. The van der Waals surface area contributed by atoms with Gasteiger partial charge in [-0.25, -0.2) is 0 Å². The summed E-state index contributed by atoms with van der Waals surface area (Å²) >= 11 is 3.38. The Kier molecular flexibility index (Phi) is 6.95. The minimum Gasteiger partial charge on any atom is -0.364 e. The van der Waals surface area contributed by atoms with E-state index < -0.39 is 12.1 Å². The van der Waals surface area contributed by atoms with E-state index in [0.717, 1.165) is 16.5 Å². The van der Waals surface area contributed by atoms with Crippen LogP contribution in [0.5, 0.6) is 0 Å². The van der Waals surface area contributed by atoms with Crippen LogP contribution in [0.1, 0.15) is 31.7 Å². The van der Waals surface area contributed by atoms with Gasteiger partial charge < -0.3 is 20.3 Å². The maximum absolute atomic E-state index is 12.2. The molecule has 3 atom stereocenters. The van der Waals surface area contributed by atoms with Gasteiger partial charge in [0.1, 0.15) is 12.1 Å². The van der Waals surface area contributed by atoms with Crippen LogP contribution < -0.4 is 11.1 Å². The van der Waals surface area contributed by atoms with Crippen molar-refractivity contribution in [2.75, 3.05) is 6.54 Å². The normalized spacial score (nSPS) is 20.8. The van der Waals surface area contributed by atoms with Gasteiger partial charge in [-0.15, -0.1) is 12.4 Å². The lowest BCUT2D eigenvalue weighted by Gasteiger charge is -2.15. The minimum absolute atomic E-state index is 0. The first-order chi connectivity index (χ1) is 11.6. The van der Waals surface area contributed by atoms with Gasteiger partial charge in [-0.05, 0) is 44.0 Å². The monoisotopic (exact) mass is 430 g/mol.